The Bertz CT molecular complexity index is 126. The molecule has 0 aliphatic carbocycles. The summed E-state index contributed by atoms with van der Waals surface area (Å²) in [7, 11) is 4.37. The van der Waals surface area contributed by atoms with E-state index in [2.05, 4.69) is 39.8 Å². The van der Waals surface area contributed by atoms with E-state index in [1.54, 1.807) is 0 Å². The first-order valence-electron chi connectivity index (χ1n) is 4.69. The zero-order chi connectivity index (χ0) is 8.97. The molecule has 0 spiro atoms. The lowest BCUT2D eigenvalue weighted by Gasteiger charge is -2.35. The lowest BCUT2D eigenvalue weighted by Crippen LogP contribution is -2.45. The summed E-state index contributed by atoms with van der Waals surface area (Å²) in [4.78, 5) is 4.89. The monoisotopic (exact) mass is 234 g/mol. The number of halogens is 1. The Kier molecular flexibility index (Phi) is 4.54. The molecule has 2 nitrogen and oxygen atoms in total. The van der Waals surface area contributed by atoms with Gasteiger partial charge < -0.3 is 9.80 Å². The van der Waals surface area contributed by atoms with E-state index in [9.17, 15) is 0 Å². The number of likely N-dealkylation sites (N-methyl/N-ethyl adjacent to an activating group) is 1. The van der Waals surface area contributed by atoms with Gasteiger partial charge in [-0.3, -0.25) is 0 Å². The molecule has 0 aromatic heterocycles. The van der Waals surface area contributed by atoms with Crippen molar-refractivity contribution in [3.05, 3.63) is 0 Å². The van der Waals surface area contributed by atoms with Crippen molar-refractivity contribution in [3.8, 4) is 0 Å². The molecule has 0 N–H and O–H groups in total. The third-order valence-electron chi connectivity index (χ3n) is 2.61. The van der Waals surface area contributed by atoms with Gasteiger partial charge in [-0.05, 0) is 33.5 Å². The highest BCUT2D eigenvalue weighted by molar-refractivity contribution is 9.09. The Hall–Kier alpha value is 0.400. The maximum Gasteiger partial charge on any atom is 0.0217 e. The van der Waals surface area contributed by atoms with Crippen LogP contribution >= 0.6 is 15.9 Å². The van der Waals surface area contributed by atoms with E-state index < -0.39 is 0 Å². The average Bonchev–Trinajstić information content (AvgIpc) is 2.05. The normalized spacial score (nSPS) is 26.5. The zero-order valence-corrected chi connectivity index (χ0v) is 9.68. The first-order chi connectivity index (χ1) is 5.74. The van der Waals surface area contributed by atoms with Gasteiger partial charge in [0, 0.05) is 24.5 Å². The molecule has 0 aromatic rings. The van der Waals surface area contributed by atoms with Crippen molar-refractivity contribution in [1.82, 2.24) is 9.80 Å². The van der Waals surface area contributed by atoms with Gasteiger partial charge in [-0.15, -0.1) is 0 Å². The molecule has 0 aromatic carbocycles. The summed E-state index contributed by atoms with van der Waals surface area (Å²) in [5.74, 6) is 0. The Morgan fingerprint density at radius 2 is 2.25 bits per heavy atom. The molecule has 0 saturated carbocycles. The maximum atomic E-state index is 3.49. The number of hydrogen-bond acceptors (Lipinski definition) is 2. The predicted molar refractivity (Wildman–Crippen MR) is 56.9 cm³/mol. The van der Waals surface area contributed by atoms with Crippen molar-refractivity contribution in [1.29, 1.82) is 0 Å². The van der Waals surface area contributed by atoms with Crippen LogP contribution in [-0.2, 0) is 0 Å². The zero-order valence-electron chi connectivity index (χ0n) is 8.09. The van der Waals surface area contributed by atoms with Crippen LogP contribution in [0.2, 0.25) is 0 Å². The summed E-state index contributed by atoms with van der Waals surface area (Å²) in [6.45, 7) is 3.74. The van der Waals surface area contributed by atoms with Crippen LogP contribution in [-0.4, -0.2) is 54.9 Å². The summed E-state index contributed by atoms with van der Waals surface area (Å²) in [5.41, 5.74) is 0. The number of likely N-dealkylation sites (tertiary alicyclic amines) is 1. The Morgan fingerprint density at radius 1 is 1.50 bits per heavy atom. The molecule has 1 aliphatic heterocycles. The van der Waals surface area contributed by atoms with Crippen molar-refractivity contribution in [2.75, 3.05) is 39.1 Å². The van der Waals surface area contributed by atoms with Crippen molar-refractivity contribution in [3.63, 3.8) is 0 Å². The van der Waals surface area contributed by atoms with E-state index in [0.29, 0.717) is 0 Å². The lowest BCUT2D eigenvalue weighted by molar-refractivity contribution is 0.139. The van der Waals surface area contributed by atoms with Gasteiger partial charge in [0.15, 0.2) is 0 Å². The molecule has 1 rings (SSSR count). The first kappa shape index (κ1) is 10.5. The van der Waals surface area contributed by atoms with E-state index >= 15 is 0 Å². The molecular formula is C9H19BrN2. The number of hydrogen-bond donors (Lipinski definition) is 0. The third kappa shape index (κ3) is 3.04. The molecule has 1 aliphatic rings. The predicted octanol–water partition coefficient (Wildman–Crippen LogP) is 1.41. The summed E-state index contributed by atoms with van der Waals surface area (Å²) in [5, 5.41) is 1.10. The summed E-state index contributed by atoms with van der Waals surface area (Å²) in [6.07, 6.45) is 2.72. The summed E-state index contributed by atoms with van der Waals surface area (Å²) < 4.78 is 0. The van der Waals surface area contributed by atoms with Crippen molar-refractivity contribution < 1.29 is 0 Å². The maximum absolute atomic E-state index is 3.49. The van der Waals surface area contributed by atoms with Crippen LogP contribution in [0.5, 0.6) is 0 Å². The second kappa shape index (κ2) is 5.20. The minimum Gasteiger partial charge on any atom is -0.305 e. The van der Waals surface area contributed by atoms with Crippen LogP contribution < -0.4 is 0 Å². The van der Waals surface area contributed by atoms with Crippen molar-refractivity contribution in [2.24, 2.45) is 0 Å². The molecule has 0 radical (unpaired) electrons. The number of nitrogens with zero attached hydrogens (tertiary/aromatic N) is 2. The average molecular weight is 235 g/mol. The van der Waals surface area contributed by atoms with Gasteiger partial charge in [0.2, 0.25) is 0 Å². The quantitative estimate of drug-likeness (QED) is 0.682. The molecule has 1 heterocycles. The molecule has 0 bridgehead atoms. The van der Waals surface area contributed by atoms with Gasteiger partial charge in [-0.2, -0.15) is 0 Å². The number of piperidine rings is 1. The summed E-state index contributed by atoms with van der Waals surface area (Å²) in [6, 6.07) is 0.776. The van der Waals surface area contributed by atoms with E-state index in [4.69, 9.17) is 0 Å². The van der Waals surface area contributed by atoms with Crippen LogP contribution in [0.4, 0.5) is 0 Å². The fourth-order valence-electron chi connectivity index (χ4n) is 1.78. The Labute approximate surface area is 84.0 Å². The van der Waals surface area contributed by atoms with Crippen LogP contribution in [0.1, 0.15) is 12.8 Å². The van der Waals surface area contributed by atoms with Crippen molar-refractivity contribution in [2.45, 2.75) is 18.9 Å². The largest absolute Gasteiger partial charge is 0.305 e. The fraction of sp³-hybridized carbons (Fsp3) is 1.00. The van der Waals surface area contributed by atoms with Gasteiger partial charge >= 0.3 is 0 Å². The van der Waals surface area contributed by atoms with Gasteiger partial charge in [0.25, 0.3) is 0 Å². The highest BCUT2D eigenvalue weighted by Gasteiger charge is 2.20. The highest BCUT2D eigenvalue weighted by atomic mass is 79.9. The summed E-state index contributed by atoms with van der Waals surface area (Å²) >= 11 is 3.49. The van der Waals surface area contributed by atoms with E-state index in [1.165, 1.54) is 32.5 Å². The minimum atomic E-state index is 0.776. The molecule has 72 valence electrons. The lowest BCUT2D eigenvalue weighted by atomic mass is 10.1. The van der Waals surface area contributed by atoms with Gasteiger partial charge in [0.05, 0.1) is 0 Å². The number of rotatable bonds is 3. The van der Waals surface area contributed by atoms with E-state index in [1.807, 2.05) is 0 Å². The van der Waals surface area contributed by atoms with Gasteiger partial charge in [0.1, 0.15) is 0 Å². The van der Waals surface area contributed by atoms with Gasteiger partial charge in [-0.25, -0.2) is 0 Å². The van der Waals surface area contributed by atoms with Crippen molar-refractivity contribution >= 4 is 15.9 Å². The SMILES string of the molecule is CN(C)C1CCCN(CCBr)C1. The minimum absolute atomic E-state index is 0.776. The second-order valence-electron chi connectivity index (χ2n) is 3.75. The molecule has 1 saturated heterocycles. The van der Waals surface area contributed by atoms with Crippen LogP contribution in [0, 0.1) is 0 Å². The molecule has 1 atom stereocenters. The first-order valence-corrected chi connectivity index (χ1v) is 5.81. The molecule has 1 fully saturated rings. The van der Waals surface area contributed by atoms with Gasteiger partial charge in [-0.1, -0.05) is 15.9 Å². The fourth-order valence-corrected chi connectivity index (χ4v) is 2.28. The van der Waals surface area contributed by atoms with Crippen LogP contribution in [0.25, 0.3) is 0 Å². The molecule has 0 amide bonds. The van der Waals surface area contributed by atoms with Crippen LogP contribution in [0.15, 0.2) is 0 Å². The highest BCUT2D eigenvalue weighted by Crippen LogP contribution is 2.13. The molecule has 12 heavy (non-hydrogen) atoms. The smallest absolute Gasteiger partial charge is 0.0217 e. The molecule has 1 unspecified atom stereocenters. The Morgan fingerprint density at radius 3 is 2.83 bits per heavy atom. The Balaban J connectivity index is 2.30. The van der Waals surface area contributed by atoms with E-state index in [0.717, 1.165) is 11.4 Å². The van der Waals surface area contributed by atoms with Crippen LogP contribution in [0.3, 0.4) is 0 Å². The standard InChI is InChI=1S/C9H19BrN2/c1-11(2)9-4-3-6-12(8-9)7-5-10/h9H,3-8H2,1-2H3. The molecule has 3 heteroatoms. The number of alkyl halides is 1. The second-order valence-corrected chi connectivity index (χ2v) is 4.54. The molecular weight excluding hydrogens is 216 g/mol. The van der Waals surface area contributed by atoms with E-state index in [-0.39, 0.29) is 0 Å². The third-order valence-corrected chi connectivity index (χ3v) is 2.97. The topological polar surface area (TPSA) is 6.48 Å².